The zero-order valence-electron chi connectivity index (χ0n) is 21.5. The molecular weight excluding hydrogens is 470 g/mol. The molecule has 1 fully saturated rings. The average Bonchev–Trinajstić information content (AvgIpc) is 3.64. The average molecular weight is 504 g/mol. The van der Waals surface area contributed by atoms with Crippen LogP contribution in [-0.2, 0) is 17.9 Å². The summed E-state index contributed by atoms with van der Waals surface area (Å²) in [6.07, 6.45) is 8.13. The Kier molecular flexibility index (Phi) is 8.07. The number of nitrogens with zero attached hydrogens (tertiary/aromatic N) is 4. The Bertz CT molecular complexity index is 1310. The summed E-state index contributed by atoms with van der Waals surface area (Å²) in [5, 5.41) is 1.64. The van der Waals surface area contributed by atoms with Gasteiger partial charge in [-0.1, -0.05) is 42.5 Å². The number of halogens is 1. The van der Waals surface area contributed by atoms with Crippen LogP contribution in [0.1, 0.15) is 66.7 Å². The molecule has 5 rings (SSSR count). The number of rotatable bonds is 6. The molecule has 3 aromatic rings. The molecule has 3 heterocycles. The van der Waals surface area contributed by atoms with E-state index in [2.05, 4.69) is 56.8 Å². The Morgan fingerprint density at radius 3 is 2.69 bits per heavy atom. The van der Waals surface area contributed by atoms with E-state index in [1.54, 1.807) is 13.3 Å². The third kappa shape index (κ3) is 5.77. The van der Waals surface area contributed by atoms with Crippen molar-refractivity contribution in [3.63, 3.8) is 0 Å². The van der Waals surface area contributed by atoms with Crippen molar-refractivity contribution in [2.45, 2.75) is 51.9 Å². The van der Waals surface area contributed by atoms with Gasteiger partial charge in [0.2, 0.25) is 0 Å². The first kappa shape index (κ1) is 25.9. The Balaban J connectivity index is 0.000000229. The molecule has 1 unspecified atom stereocenters. The third-order valence-corrected chi connectivity index (χ3v) is 6.85. The normalized spacial score (nSPS) is 17.4. The summed E-state index contributed by atoms with van der Waals surface area (Å²) in [5.74, 6) is 0.758. The molecule has 1 saturated carbocycles. The van der Waals surface area contributed by atoms with Gasteiger partial charge in [-0.05, 0) is 55.5 Å². The van der Waals surface area contributed by atoms with E-state index in [0.717, 1.165) is 50.5 Å². The van der Waals surface area contributed by atoms with Crippen LogP contribution in [-0.4, -0.2) is 35.2 Å². The van der Waals surface area contributed by atoms with Crippen LogP contribution in [0.15, 0.2) is 59.5 Å². The maximum absolute atomic E-state index is 6.39. The number of hydrogen-bond donors (Lipinski definition) is 1. The monoisotopic (exact) mass is 503 g/mol. The van der Waals surface area contributed by atoms with Crippen LogP contribution < -0.4 is 5.73 Å². The first-order valence-corrected chi connectivity index (χ1v) is 12.6. The molecule has 36 heavy (non-hydrogen) atoms. The van der Waals surface area contributed by atoms with Crippen LogP contribution >= 0.6 is 11.6 Å². The van der Waals surface area contributed by atoms with E-state index >= 15 is 0 Å². The Morgan fingerprint density at radius 2 is 2.08 bits per heavy atom. The van der Waals surface area contributed by atoms with Gasteiger partial charge in [0.05, 0.1) is 23.9 Å². The van der Waals surface area contributed by atoms with Crippen LogP contribution in [0.2, 0.25) is 5.15 Å². The van der Waals surface area contributed by atoms with Crippen LogP contribution in [0.25, 0.3) is 17.0 Å². The van der Waals surface area contributed by atoms with Crippen molar-refractivity contribution in [3.05, 3.63) is 87.6 Å². The summed E-state index contributed by atoms with van der Waals surface area (Å²) in [6, 6.07) is 10.5. The van der Waals surface area contributed by atoms with Crippen molar-refractivity contribution < 1.29 is 4.74 Å². The molecule has 2 aliphatic rings. The van der Waals surface area contributed by atoms with Crippen LogP contribution in [0.3, 0.4) is 0 Å². The molecule has 2 aromatic heterocycles. The number of benzene rings is 1. The van der Waals surface area contributed by atoms with Crippen LogP contribution in [0, 0.1) is 0 Å². The Morgan fingerprint density at radius 1 is 1.31 bits per heavy atom. The lowest BCUT2D eigenvalue weighted by Crippen LogP contribution is -2.21. The highest BCUT2D eigenvalue weighted by atomic mass is 35.5. The zero-order chi connectivity index (χ0) is 25.8. The number of aliphatic imine (C=N–C) groups is 1. The fourth-order valence-electron chi connectivity index (χ4n) is 4.46. The number of hydrogen-bond acceptors (Lipinski definition) is 6. The molecule has 1 atom stereocenters. The van der Waals surface area contributed by atoms with Crippen molar-refractivity contribution >= 4 is 34.8 Å². The molecule has 0 bridgehead atoms. The zero-order valence-corrected chi connectivity index (χ0v) is 22.2. The van der Waals surface area contributed by atoms with Gasteiger partial charge in [-0.2, -0.15) is 0 Å². The van der Waals surface area contributed by atoms with Gasteiger partial charge in [-0.3, -0.25) is 9.98 Å². The van der Waals surface area contributed by atoms with Gasteiger partial charge < -0.3 is 15.4 Å². The topological polar surface area (TPSA) is 76.6 Å². The fourth-order valence-corrected chi connectivity index (χ4v) is 4.82. The molecular formula is C29H34ClN5O. The third-order valence-electron chi connectivity index (χ3n) is 6.56. The van der Waals surface area contributed by atoms with Gasteiger partial charge in [-0.15, -0.1) is 0 Å². The lowest BCUT2D eigenvalue weighted by molar-refractivity contribution is 0.0799. The minimum Gasteiger partial charge on any atom is -0.401 e. The first-order valence-electron chi connectivity index (χ1n) is 12.2. The fraction of sp³-hybridized carbons (Fsp3) is 0.345. The van der Waals surface area contributed by atoms with Crippen molar-refractivity contribution in [1.82, 2.24) is 14.9 Å². The number of ether oxygens (including phenoxy) is 1. The molecule has 0 saturated heterocycles. The van der Waals surface area contributed by atoms with Crippen molar-refractivity contribution in [1.29, 1.82) is 0 Å². The number of fused-ring (bicyclic) bond motifs is 3. The van der Waals surface area contributed by atoms with E-state index in [-0.39, 0.29) is 6.10 Å². The summed E-state index contributed by atoms with van der Waals surface area (Å²) < 4.78 is 5.72. The highest BCUT2D eigenvalue weighted by Crippen LogP contribution is 2.39. The minimum atomic E-state index is -0.00114. The Labute approximate surface area is 218 Å². The SMILES string of the molecule is C=Cc1ccc(C2CC2)nc1.CN=C/C(=C(/C)N)N(C)Cc1ccc2c3c(c(Cl)nc2c1)C(C)OC3. The van der Waals surface area contributed by atoms with Gasteiger partial charge >= 0.3 is 0 Å². The second-order valence-electron chi connectivity index (χ2n) is 9.41. The van der Waals surface area contributed by atoms with Gasteiger partial charge in [-0.25, -0.2) is 4.98 Å². The highest BCUT2D eigenvalue weighted by molar-refractivity contribution is 6.30. The van der Waals surface area contributed by atoms with E-state index in [9.17, 15) is 0 Å². The number of allylic oxidation sites excluding steroid dienone is 2. The smallest absolute Gasteiger partial charge is 0.135 e. The van der Waals surface area contributed by atoms with E-state index in [1.165, 1.54) is 18.5 Å². The maximum Gasteiger partial charge on any atom is 0.135 e. The largest absolute Gasteiger partial charge is 0.401 e. The van der Waals surface area contributed by atoms with Crippen LogP contribution in [0.5, 0.6) is 0 Å². The molecule has 1 aliphatic carbocycles. The lowest BCUT2D eigenvalue weighted by atomic mass is 10.0. The minimum absolute atomic E-state index is 0.00114. The lowest BCUT2D eigenvalue weighted by Gasteiger charge is -2.21. The van der Waals surface area contributed by atoms with E-state index in [0.29, 0.717) is 18.3 Å². The summed E-state index contributed by atoms with van der Waals surface area (Å²) in [7, 11) is 3.73. The van der Waals surface area contributed by atoms with E-state index in [1.807, 2.05) is 33.2 Å². The molecule has 0 amide bonds. The molecule has 7 heteroatoms. The number of pyridine rings is 2. The Hall–Kier alpha value is -3.22. The van der Waals surface area contributed by atoms with Gasteiger partial charge in [0.25, 0.3) is 0 Å². The quantitative estimate of drug-likeness (QED) is 0.311. The first-order chi connectivity index (χ1) is 17.3. The predicted octanol–water partition coefficient (Wildman–Crippen LogP) is 6.40. The molecule has 6 nitrogen and oxygen atoms in total. The van der Waals surface area contributed by atoms with Crippen LogP contribution in [0.4, 0.5) is 0 Å². The molecule has 188 valence electrons. The van der Waals surface area contributed by atoms with E-state index in [4.69, 9.17) is 22.1 Å². The summed E-state index contributed by atoms with van der Waals surface area (Å²) >= 11 is 6.39. The van der Waals surface area contributed by atoms with Gasteiger partial charge in [0.1, 0.15) is 5.15 Å². The summed E-state index contributed by atoms with van der Waals surface area (Å²) in [5.41, 5.74) is 14.2. The molecule has 2 N–H and O–H groups in total. The highest BCUT2D eigenvalue weighted by Gasteiger charge is 2.26. The van der Waals surface area contributed by atoms with Gasteiger partial charge in [0.15, 0.2) is 0 Å². The molecule has 0 spiro atoms. The van der Waals surface area contributed by atoms with Gasteiger partial charge in [0, 0.05) is 61.3 Å². The summed E-state index contributed by atoms with van der Waals surface area (Å²) in [4.78, 5) is 15.1. The summed E-state index contributed by atoms with van der Waals surface area (Å²) in [6.45, 7) is 8.85. The van der Waals surface area contributed by atoms with E-state index < -0.39 is 0 Å². The number of nitrogens with two attached hydrogens (primary N) is 1. The molecule has 1 aromatic carbocycles. The standard InChI is InChI=1S/C19H23ClN4O.C10H11N/c1-11(21)17(8-22-3)24(4)9-13-5-6-14-15-10-25-12(2)18(15)19(20)23-16(14)7-13;1-2-8-3-6-10(11-7-8)9-4-5-9/h5-8,12H,9-10,21H2,1-4H3;2-3,6-7,9H,1,4-5H2/b17-11+,22-8?;. The number of aromatic nitrogens is 2. The molecule has 1 aliphatic heterocycles. The second-order valence-corrected chi connectivity index (χ2v) is 9.76. The predicted molar refractivity (Wildman–Crippen MR) is 149 cm³/mol. The van der Waals surface area contributed by atoms with Crippen molar-refractivity contribution in [3.8, 4) is 0 Å². The molecule has 0 radical (unpaired) electrons. The second kappa shape index (κ2) is 11.2. The maximum atomic E-state index is 6.39. The van der Waals surface area contributed by atoms with Crippen molar-refractivity contribution in [2.24, 2.45) is 10.7 Å². The van der Waals surface area contributed by atoms with Crippen molar-refractivity contribution in [2.75, 3.05) is 14.1 Å².